The van der Waals surface area contributed by atoms with Crippen LogP contribution in [0.4, 0.5) is 11.4 Å². The van der Waals surface area contributed by atoms with Gasteiger partial charge in [0.2, 0.25) is 11.8 Å². The van der Waals surface area contributed by atoms with Crippen LogP contribution in [0.1, 0.15) is 38.1 Å². The Kier molecular flexibility index (Phi) is 6.62. The van der Waals surface area contributed by atoms with Crippen molar-refractivity contribution >= 4 is 35.0 Å². The summed E-state index contributed by atoms with van der Waals surface area (Å²) in [6, 6.07) is 15.3. The number of para-hydroxylation sites is 2. The summed E-state index contributed by atoms with van der Waals surface area (Å²) in [5, 5.41) is 2.80. The Bertz CT molecular complexity index is 853. The van der Waals surface area contributed by atoms with Crippen LogP contribution in [0, 0.1) is 5.92 Å². The minimum Gasteiger partial charge on any atom is -0.492 e. The Labute approximate surface area is 170 Å². The fourth-order valence-electron chi connectivity index (χ4n) is 3.22. The van der Waals surface area contributed by atoms with Crippen molar-refractivity contribution in [2.24, 2.45) is 5.92 Å². The third-order valence-corrected chi connectivity index (χ3v) is 5.55. The second kappa shape index (κ2) is 9.15. The van der Waals surface area contributed by atoms with Crippen molar-refractivity contribution in [2.45, 2.75) is 32.6 Å². The zero-order valence-corrected chi connectivity index (χ0v) is 17.3. The van der Waals surface area contributed by atoms with Crippen molar-refractivity contribution in [1.82, 2.24) is 0 Å². The molecule has 1 unspecified atom stereocenters. The van der Waals surface area contributed by atoms with Gasteiger partial charge in [0, 0.05) is 12.1 Å². The molecule has 0 saturated carbocycles. The first-order valence-electron chi connectivity index (χ1n) is 9.55. The quantitative estimate of drug-likeness (QED) is 0.724. The van der Waals surface area contributed by atoms with Gasteiger partial charge in [0.25, 0.3) is 0 Å². The smallest absolute Gasteiger partial charge is 0.238 e. The fraction of sp³-hybridized carbons (Fsp3) is 0.364. The van der Waals surface area contributed by atoms with Crippen LogP contribution >= 0.6 is 11.8 Å². The molecule has 28 heavy (non-hydrogen) atoms. The number of benzene rings is 2. The molecule has 0 spiro atoms. The summed E-state index contributed by atoms with van der Waals surface area (Å²) < 4.78 is 5.74. The lowest BCUT2D eigenvalue weighted by Gasteiger charge is -2.26. The molecule has 1 heterocycles. The normalized spacial score (nSPS) is 16.5. The lowest BCUT2D eigenvalue weighted by Crippen LogP contribution is -2.28. The van der Waals surface area contributed by atoms with Crippen molar-refractivity contribution in [3.8, 4) is 5.75 Å². The number of amides is 2. The van der Waals surface area contributed by atoms with Gasteiger partial charge in [-0.3, -0.25) is 14.5 Å². The Morgan fingerprint density at radius 3 is 2.79 bits per heavy atom. The summed E-state index contributed by atoms with van der Waals surface area (Å²) in [7, 11) is 0. The van der Waals surface area contributed by atoms with Gasteiger partial charge in [-0.2, -0.15) is 0 Å². The predicted octanol–water partition coefficient (Wildman–Crippen LogP) is 4.85. The number of nitrogens with one attached hydrogen (secondary N) is 1. The summed E-state index contributed by atoms with van der Waals surface area (Å²) in [6.45, 7) is 6.50. The van der Waals surface area contributed by atoms with E-state index >= 15 is 0 Å². The highest BCUT2D eigenvalue weighted by Gasteiger charge is 2.35. The monoisotopic (exact) mass is 398 g/mol. The molecule has 2 aromatic rings. The van der Waals surface area contributed by atoms with Gasteiger partial charge in [0.05, 0.1) is 18.0 Å². The molecule has 1 aliphatic rings. The average molecular weight is 399 g/mol. The molecule has 0 bridgehead atoms. The van der Waals surface area contributed by atoms with E-state index in [9.17, 15) is 9.59 Å². The van der Waals surface area contributed by atoms with Crippen LogP contribution in [0.15, 0.2) is 48.5 Å². The van der Waals surface area contributed by atoms with E-state index in [0.717, 1.165) is 16.9 Å². The molecule has 1 atom stereocenters. The van der Waals surface area contributed by atoms with E-state index in [0.29, 0.717) is 30.4 Å². The van der Waals surface area contributed by atoms with Crippen molar-refractivity contribution in [1.29, 1.82) is 0 Å². The number of ether oxygens (including phenoxy) is 1. The van der Waals surface area contributed by atoms with Crippen LogP contribution in [0.5, 0.6) is 5.75 Å². The molecule has 0 radical (unpaired) electrons. The SMILES string of the molecule is CCOc1ccccc1N1C(=O)CSC1c1cccc(NC(=O)CC(C)C)c1. The van der Waals surface area contributed by atoms with E-state index in [-0.39, 0.29) is 17.2 Å². The Balaban J connectivity index is 1.87. The maximum absolute atomic E-state index is 12.7. The molecule has 1 N–H and O–H groups in total. The molecular weight excluding hydrogens is 372 g/mol. The van der Waals surface area contributed by atoms with Gasteiger partial charge < -0.3 is 10.1 Å². The van der Waals surface area contributed by atoms with Gasteiger partial charge in [-0.05, 0) is 42.7 Å². The first-order chi connectivity index (χ1) is 13.5. The van der Waals surface area contributed by atoms with Crippen molar-refractivity contribution in [2.75, 3.05) is 22.6 Å². The van der Waals surface area contributed by atoms with Crippen LogP contribution < -0.4 is 15.0 Å². The molecule has 1 saturated heterocycles. The summed E-state index contributed by atoms with van der Waals surface area (Å²) in [5.41, 5.74) is 2.50. The van der Waals surface area contributed by atoms with Gasteiger partial charge >= 0.3 is 0 Å². The van der Waals surface area contributed by atoms with Crippen LogP contribution in [0.3, 0.4) is 0 Å². The second-order valence-corrected chi connectivity index (χ2v) is 8.17. The van der Waals surface area contributed by atoms with E-state index in [4.69, 9.17) is 4.74 Å². The first kappa shape index (κ1) is 20.3. The minimum atomic E-state index is -0.156. The first-order valence-corrected chi connectivity index (χ1v) is 10.6. The summed E-state index contributed by atoms with van der Waals surface area (Å²) in [4.78, 5) is 26.6. The zero-order valence-electron chi connectivity index (χ0n) is 16.5. The van der Waals surface area contributed by atoms with E-state index in [1.165, 1.54) is 0 Å². The number of thioether (sulfide) groups is 1. The Morgan fingerprint density at radius 1 is 1.25 bits per heavy atom. The lowest BCUT2D eigenvalue weighted by molar-refractivity contribution is -0.117. The minimum absolute atomic E-state index is 0.000786. The zero-order chi connectivity index (χ0) is 20.1. The number of carbonyl (C=O) groups is 2. The molecule has 6 heteroatoms. The summed E-state index contributed by atoms with van der Waals surface area (Å²) >= 11 is 1.58. The van der Waals surface area contributed by atoms with Crippen LogP contribution in [-0.4, -0.2) is 24.2 Å². The van der Waals surface area contributed by atoms with Gasteiger partial charge in [0.15, 0.2) is 0 Å². The second-order valence-electron chi connectivity index (χ2n) is 7.10. The van der Waals surface area contributed by atoms with Gasteiger partial charge in [-0.1, -0.05) is 38.1 Å². The standard InChI is InChI=1S/C22H26N2O3S/c1-4-27-19-11-6-5-10-18(19)24-21(26)14-28-22(24)16-8-7-9-17(13-16)23-20(25)12-15(2)3/h5-11,13,15,22H,4,12,14H2,1-3H3,(H,23,25). The lowest BCUT2D eigenvalue weighted by atomic mass is 10.1. The molecule has 0 aromatic heterocycles. The molecular formula is C22H26N2O3S. The summed E-state index contributed by atoms with van der Waals surface area (Å²) in [5.74, 6) is 1.47. The van der Waals surface area contributed by atoms with Crippen molar-refractivity contribution in [3.05, 3.63) is 54.1 Å². The number of hydrogen-bond acceptors (Lipinski definition) is 4. The molecule has 2 amide bonds. The predicted molar refractivity (Wildman–Crippen MR) is 115 cm³/mol. The topological polar surface area (TPSA) is 58.6 Å². The molecule has 1 fully saturated rings. The third kappa shape index (κ3) is 4.68. The van der Waals surface area contributed by atoms with E-state index in [2.05, 4.69) is 5.32 Å². The van der Waals surface area contributed by atoms with E-state index in [1.54, 1.807) is 16.7 Å². The summed E-state index contributed by atoms with van der Waals surface area (Å²) in [6.07, 6.45) is 0.481. The maximum Gasteiger partial charge on any atom is 0.238 e. The number of hydrogen-bond donors (Lipinski definition) is 1. The fourth-order valence-corrected chi connectivity index (χ4v) is 4.38. The van der Waals surface area contributed by atoms with Gasteiger partial charge in [-0.15, -0.1) is 11.8 Å². The number of rotatable bonds is 7. The van der Waals surface area contributed by atoms with Crippen LogP contribution in [0.25, 0.3) is 0 Å². The van der Waals surface area contributed by atoms with Gasteiger partial charge in [0.1, 0.15) is 11.1 Å². The molecule has 0 aliphatic carbocycles. The average Bonchev–Trinajstić information content (AvgIpc) is 3.03. The number of anilines is 2. The van der Waals surface area contributed by atoms with Gasteiger partial charge in [-0.25, -0.2) is 0 Å². The van der Waals surface area contributed by atoms with Crippen LogP contribution in [0.2, 0.25) is 0 Å². The maximum atomic E-state index is 12.7. The molecule has 5 nitrogen and oxygen atoms in total. The number of carbonyl (C=O) groups excluding carboxylic acids is 2. The van der Waals surface area contributed by atoms with Crippen molar-refractivity contribution < 1.29 is 14.3 Å². The Hall–Kier alpha value is -2.47. The van der Waals surface area contributed by atoms with E-state index in [1.807, 2.05) is 69.3 Å². The molecule has 148 valence electrons. The molecule has 1 aliphatic heterocycles. The van der Waals surface area contributed by atoms with E-state index < -0.39 is 0 Å². The number of nitrogens with zero attached hydrogens (tertiary/aromatic N) is 1. The molecule has 3 rings (SSSR count). The molecule has 2 aromatic carbocycles. The van der Waals surface area contributed by atoms with Crippen molar-refractivity contribution in [3.63, 3.8) is 0 Å². The largest absolute Gasteiger partial charge is 0.492 e. The highest BCUT2D eigenvalue weighted by Crippen LogP contribution is 2.45. The highest BCUT2D eigenvalue weighted by atomic mass is 32.2. The third-order valence-electron chi connectivity index (χ3n) is 4.34. The highest BCUT2D eigenvalue weighted by molar-refractivity contribution is 8.00. The van der Waals surface area contributed by atoms with Crippen LogP contribution in [-0.2, 0) is 9.59 Å². The Morgan fingerprint density at radius 2 is 2.04 bits per heavy atom.